The Hall–Kier alpha value is -0.0400. The van der Waals surface area contributed by atoms with Gasteiger partial charge in [0.15, 0.2) is 0 Å². The van der Waals surface area contributed by atoms with Crippen LogP contribution in [0.1, 0.15) is 112 Å². The van der Waals surface area contributed by atoms with E-state index in [-0.39, 0.29) is 0 Å². The molecule has 0 radical (unpaired) electrons. The molecule has 4 aliphatic rings. The molecule has 1 N–H and O–H groups in total. The summed E-state index contributed by atoms with van der Waals surface area (Å²) in [5.41, 5.74) is 0.754. The van der Waals surface area contributed by atoms with E-state index >= 15 is 0 Å². The van der Waals surface area contributed by atoms with Crippen LogP contribution in [0.15, 0.2) is 0 Å². The van der Waals surface area contributed by atoms with Gasteiger partial charge in [-0.3, -0.25) is 0 Å². The van der Waals surface area contributed by atoms with Gasteiger partial charge in [-0.05, 0) is 124 Å². The molecule has 0 aliphatic heterocycles. The second-order valence-electron chi connectivity index (χ2n) is 12.5. The summed E-state index contributed by atoms with van der Waals surface area (Å²) in [6.07, 6.45) is 17.2. The molecule has 1 heteroatoms. The average Bonchev–Trinajstić information content (AvgIpc) is 2.96. The highest BCUT2D eigenvalue weighted by Crippen LogP contribution is 2.68. The zero-order valence-electron chi connectivity index (χ0n) is 18.9. The molecule has 4 fully saturated rings. The highest BCUT2D eigenvalue weighted by molar-refractivity contribution is 5.09. The van der Waals surface area contributed by atoms with E-state index in [0.29, 0.717) is 10.8 Å². The Morgan fingerprint density at radius 3 is 2.37 bits per heavy atom. The van der Waals surface area contributed by atoms with E-state index < -0.39 is 5.60 Å². The zero-order chi connectivity index (χ0) is 19.4. The van der Waals surface area contributed by atoms with Crippen molar-refractivity contribution in [1.29, 1.82) is 0 Å². The molecule has 27 heavy (non-hydrogen) atoms. The largest absolute Gasteiger partial charge is 0.390 e. The molecule has 4 saturated carbocycles. The van der Waals surface area contributed by atoms with Crippen molar-refractivity contribution < 1.29 is 5.11 Å². The van der Waals surface area contributed by atoms with Gasteiger partial charge in [-0.15, -0.1) is 0 Å². The van der Waals surface area contributed by atoms with Crippen LogP contribution in [0.25, 0.3) is 0 Å². The molecule has 4 unspecified atom stereocenters. The monoisotopic (exact) mass is 374 g/mol. The highest BCUT2D eigenvalue weighted by atomic mass is 16.3. The van der Waals surface area contributed by atoms with E-state index in [1.807, 2.05) is 13.8 Å². The Balaban J connectivity index is 1.49. The molecule has 0 bridgehead atoms. The summed E-state index contributed by atoms with van der Waals surface area (Å²) in [5.74, 6) is 5.74. The third-order valence-electron chi connectivity index (χ3n) is 10.6. The van der Waals surface area contributed by atoms with Gasteiger partial charge in [0.2, 0.25) is 0 Å². The van der Waals surface area contributed by atoms with Crippen molar-refractivity contribution in [2.45, 2.75) is 117 Å². The van der Waals surface area contributed by atoms with Gasteiger partial charge in [0.1, 0.15) is 0 Å². The Morgan fingerprint density at radius 1 is 0.889 bits per heavy atom. The van der Waals surface area contributed by atoms with Crippen LogP contribution in [-0.4, -0.2) is 10.7 Å². The summed E-state index contributed by atoms with van der Waals surface area (Å²) >= 11 is 0. The van der Waals surface area contributed by atoms with Gasteiger partial charge in [0, 0.05) is 0 Å². The number of fused-ring (bicyclic) bond motifs is 5. The van der Waals surface area contributed by atoms with E-state index in [2.05, 4.69) is 20.8 Å². The lowest BCUT2D eigenvalue weighted by molar-refractivity contribution is -0.114. The van der Waals surface area contributed by atoms with Crippen molar-refractivity contribution in [1.82, 2.24) is 0 Å². The minimum atomic E-state index is -0.501. The zero-order valence-corrected chi connectivity index (χ0v) is 18.9. The Morgan fingerprint density at radius 2 is 1.63 bits per heavy atom. The lowest BCUT2D eigenvalue weighted by Crippen LogP contribution is -2.53. The molecule has 0 aromatic rings. The van der Waals surface area contributed by atoms with Crippen LogP contribution in [0, 0.1) is 46.3 Å². The molecule has 4 aliphatic carbocycles. The van der Waals surface area contributed by atoms with Crippen LogP contribution < -0.4 is 0 Å². The predicted octanol–water partition coefficient (Wildman–Crippen LogP) is 7.22. The molecule has 0 aromatic heterocycles. The second-order valence-corrected chi connectivity index (χ2v) is 12.5. The summed E-state index contributed by atoms with van der Waals surface area (Å²) in [5, 5.41) is 10.2. The molecule has 156 valence electrons. The fraction of sp³-hybridized carbons (Fsp3) is 1.00. The van der Waals surface area contributed by atoms with Crippen LogP contribution in [0.3, 0.4) is 0 Å². The molecule has 0 spiro atoms. The molecule has 0 saturated heterocycles. The first kappa shape index (κ1) is 20.2. The Kier molecular flexibility index (Phi) is 5.27. The smallest absolute Gasteiger partial charge is 0.0591 e. The Bertz CT molecular complexity index is 533. The summed E-state index contributed by atoms with van der Waals surface area (Å²) in [6, 6.07) is 0. The van der Waals surface area contributed by atoms with Crippen molar-refractivity contribution in [2.24, 2.45) is 46.3 Å². The topological polar surface area (TPSA) is 20.2 Å². The minimum Gasteiger partial charge on any atom is -0.390 e. The number of aliphatic hydroxyl groups is 1. The van der Waals surface area contributed by atoms with Gasteiger partial charge in [0.05, 0.1) is 5.60 Å². The van der Waals surface area contributed by atoms with Crippen molar-refractivity contribution >= 4 is 0 Å². The van der Waals surface area contributed by atoms with E-state index in [4.69, 9.17) is 0 Å². The SMILES string of the molecule is C[C@H](CCC(C)(C)O)C1CCC2C3CC[C@@H]4CCCC[C@]4(C)C3CC[C@@]21C. The lowest BCUT2D eigenvalue weighted by Gasteiger charge is -2.61. The molecule has 1 nitrogen and oxygen atoms in total. The van der Waals surface area contributed by atoms with Crippen LogP contribution >= 0.6 is 0 Å². The van der Waals surface area contributed by atoms with E-state index in [0.717, 1.165) is 41.9 Å². The number of hydrogen-bond donors (Lipinski definition) is 1. The molecule has 4 rings (SSSR count). The summed E-state index contributed by atoms with van der Waals surface area (Å²) < 4.78 is 0. The molecule has 8 atom stereocenters. The van der Waals surface area contributed by atoms with Gasteiger partial charge in [-0.2, -0.15) is 0 Å². The fourth-order valence-corrected chi connectivity index (χ4v) is 9.05. The maximum absolute atomic E-state index is 10.2. The van der Waals surface area contributed by atoms with Crippen LogP contribution in [0.2, 0.25) is 0 Å². The van der Waals surface area contributed by atoms with E-state index in [1.165, 1.54) is 70.6 Å². The van der Waals surface area contributed by atoms with Crippen LogP contribution in [-0.2, 0) is 0 Å². The maximum Gasteiger partial charge on any atom is 0.0591 e. The van der Waals surface area contributed by atoms with Crippen molar-refractivity contribution in [3.63, 3.8) is 0 Å². The third-order valence-corrected chi connectivity index (χ3v) is 10.6. The summed E-state index contributed by atoms with van der Waals surface area (Å²) in [7, 11) is 0. The molecular weight excluding hydrogens is 328 g/mol. The maximum atomic E-state index is 10.2. The van der Waals surface area contributed by atoms with Gasteiger partial charge < -0.3 is 5.11 Å². The first-order chi connectivity index (χ1) is 12.7. The van der Waals surface area contributed by atoms with Crippen molar-refractivity contribution in [3.05, 3.63) is 0 Å². The quantitative estimate of drug-likeness (QED) is 0.550. The van der Waals surface area contributed by atoms with Crippen molar-refractivity contribution in [3.8, 4) is 0 Å². The first-order valence-corrected chi connectivity index (χ1v) is 12.4. The normalized spacial score (nSPS) is 48.4. The number of rotatable bonds is 4. The number of hydrogen-bond acceptors (Lipinski definition) is 1. The van der Waals surface area contributed by atoms with Gasteiger partial charge >= 0.3 is 0 Å². The van der Waals surface area contributed by atoms with Gasteiger partial charge in [0.25, 0.3) is 0 Å². The fourth-order valence-electron chi connectivity index (χ4n) is 9.05. The highest BCUT2D eigenvalue weighted by Gasteiger charge is 2.60. The first-order valence-electron chi connectivity index (χ1n) is 12.4. The standard InChI is InChI=1S/C26H46O/c1-18(13-16-24(2,3)27)21-11-12-22-20-10-9-19-8-6-7-15-25(19,4)23(20)14-17-26(21,22)5/h18-23,27H,6-17H2,1-5H3/t18-,19+,20?,21?,22?,23?,25+,26-/m1/s1. The molecule has 0 aromatic carbocycles. The van der Waals surface area contributed by atoms with Gasteiger partial charge in [-0.1, -0.05) is 33.6 Å². The summed E-state index contributed by atoms with van der Waals surface area (Å²) in [6.45, 7) is 11.8. The van der Waals surface area contributed by atoms with E-state index in [9.17, 15) is 5.11 Å². The van der Waals surface area contributed by atoms with E-state index in [1.54, 1.807) is 0 Å². The van der Waals surface area contributed by atoms with Crippen LogP contribution in [0.5, 0.6) is 0 Å². The molecule has 0 heterocycles. The molecule has 0 amide bonds. The minimum absolute atomic E-state index is 0.501. The predicted molar refractivity (Wildman–Crippen MR) is 115 cm³/mol. The van der Waals surface area contributed by atoms with Gasteiger partial charge in [-0.25, -0.2) is 0 Å². The second kappa shape index (κ2) is 7.03. The average molecular weight is 375 g/mol. The lowest BCUT2D eigenvalue weighted by atomic mass is 9.44. The third kappa shape index (κ3) is 3.43. The van der Waals surface area contributed by atoms with Crippen LogP contribution in [0.4, 0.5) is 0 Å². The Labute approximate surface area is 169 Å². The van der Waals surface area contributed by atoms with Crippen molar-refractivity contribution in [2.75, 3.05) is 0 Å². The molecular formula is C26H46O. The summed E-state index contributed by atoms with van der Waals surface area (Å²) in [4.78, 5) is 0.